The Bertz CT molecular complexity index is 443. The number of hydrogen-bond donors (Lipinski definition) is 2. The average molecular weight is 247 g/mol. The summed E-state index contributed by atoms with van der Waals surface area (Å²) in [7, 11) is 1.82. The third-order valence-corrected chi connectivity index (χ3v) is 3.32. The zero-order valence-electron chi connectivity index (χ0n) is 11.1. The molecular weight excluding hydrogens is 226 g/mol. The highest BCUT2D eigenvalue weighted by Gasteiger charge is 2.23. The highest BCUT2D eigenvalue weighted by atomic mass is 16.2. The predicted octanol–water partition coefficient (Wildman–Crippen LogP) is 1.74. The topological polar surface area (TPSA) is 58.4 Å². The molecule has 0 fully saturated rings. The number of nitrogens with zero attached hydrogens (tertiary/aromatic N) is 1. The fourth-order valence-electron chi connectivity index (χ4n) is 2.24. The first-order valence-electron chi connectivity index (χ1n) is 6.47. The summed E-state index contributed by atoms with van der Waals surface area (Å²) in [4.78, 5) is 13.3. The zero-order chi connectivity index (χ0) is 13.1. The fourth-order valence-corrected chi connectivity index (χ4v) is 2.24. The van der Waals surface area contributed by atoms with Gasteiger partial charge in [0.05, 0.1) is 6.42 Å². The summed E-state index contributed by atoms with van der Waals surface area (Å²) in [6.07, 6.45) is 2.61. The second-order valence-corrected chi connectivity index (χ2v) is 5.02. The van der Waals surface area contributed by atoms with Crippen LogP contribution in [0.2, 0.25) is 0 Å². The summed E-state index contributed by atoms with van der Waals surface area (Å²) in [5, 5.41) is 3.37. The van der Waals surface area contributed by atoms with Gasteiger partial charge in [0.25, 0.3) is 0 Å². The molecule has 0 aromatic heterocycles. The summed E-state index contributed by atoms with van der Waals surface area (Å²) in [6, 6.07) is 6.37. The quantitative estimate of drug-likeness (QED) is 0.779. The summed E-state index contributed by atoms with van der Waals surface area (Å²) < 4.78 is 0. The third-order valence-electron chi connectivity index (χ3n) is 3.32. The molecule has 1 aliphatic rings. The Morgan fingerprint density at radius 3 is 3.00 bits per heavy atom. The van der Waals surface area contributed by atoms with Crippen LogP contribution in [-0.2, 0) is 11.2 Å². The van der Waals surface area contributed by atoms with Gasteiger partial charge in [0.1, 0.15) is 0 Å². The Morgan fingerprint density at radius 2 is 2.28 bits per heavy atom. The number of carbonyl (C=O) groups is 1. The van der Waals surface area contributed by atoms with Gasteiger partial charge in [-0.1, -0.05) is 0 Å². The lowest BCUT2D eigenvalue weighted by atomic mass is 10.1. The third kappa shape index (κ3) is 2.82. The van der Waals surface area contributed by atoms with E-state index in [1.54, 1.807) is 4.90 Å². The first-order valence-corrected chi connectivity index (χ1v) is 6.47. The van der Waals surface area contributed by atoms with Gasteiger partial charge in [-0.3, -0.25) is 4.79 Å². The largest absolute Gasteiger partial charge is 0.385 e. The second kappa shape index (κ2) is 5.40. The lowest BCUT2D eigenvalue weighted by Gasteiger charge is -2.12. The molecule has 3 N–H and O–H groups in total. The number of carbonyl (C=O) groups excluding carboxylic acids is 1. The van der Waals surface area contributed by atoms with Gasteiger partial charge in [0.2, 0.25) is 5.91 Å². The van der Waals surface area contributed by atoms with E-state index in [0.717, 1.165) is 36.3 Å². The van der Waals surface area contributed by atoms with Gasteiger partial charge in [-0.15, -0.1) is 0 Å². The van der Waals surface area contributed by atoms with Crippen LogP contribution in [0.1, 0.15) is 25.3 Å². The minimum absolute atomic E-state index is 0.166. The van der Waals surface area contributed by atoms with E-state index in [0.29, 0.717) is 6.42 Å². The van der Waals surface area contributed by atoms with Crippen LogP contribution in [0, 0.1) is 0 Å². The molecule has 98 valence electrons. The fraction of sp³-hybridized carbons (Fsp3) is 0.500. The van der Waals surface area contributed by atoms with Crippen molar-refractivity contribution in [2.24, 2.45) is 5.73 Å². The summed E-state index contributed by atoms with van der Waals surface area (Å²) in [5.41, 5.74) is 8.93. The van der Waals surface area contributed by atoms with Gasteiger partial charge in [-0.05, 0) is 43.5 Å². The van der Waals surface area contributed by atoms with Gasteiger partial charge in [-0.2, -0.15) is 0 Å². The Labute approximate surface area is 108 Å². The maximum Gasteiger partial charge on any atom is 0.231 e. The Balaban J connectivity index is 1.92. The molecule has 1 heterocycles. The molecule has 4 nitrogen and oxygen atoms in total. The summed E-state index contributed by atoms with van der Waals surface area (Å²) in [5.74, 6) is 0.166. The molecular formula is C14H21N3O. The van der Waals surface area contributed by atoms with Crippen molar-refractivity contribution in [2.75, 3.05) is 23.8 Å². The van der Waals surface area contributed by atoms with Gasteiger partial charge >= 0.3 is 0 Å². The molecule has 1 aliphatic heterocycles. The SMILES string of the molecule is CC(N)CCCNc1ccc2c(c1)CC(=O)N2C. The standard InChI is InChI=1S/C14H21N3O/c1-10(15)4-3-7-16-12-5-6-13-11(8-12)9-14(18)17(13)2/h5-6,8,10,16H,3-4,7,9,15H2,1-2H3. The lowest BCUT2D eigenvalue weighted by molar-refractivity contribution is -0.117. The smallest absolute Gasteiger partial charge is 0.231 e. The number of anilines is 2. The first kappa shape index (κ1) is 12.9. The highest BCUT2D eigenvalue weighted by molar-refractivity contribution is 6.01. The van der Waals surface area contributed by atoms with Crippen molar-refractivity contribution >= 4 is 17.3 Å². The van der Waals surface area contributed by atoms with Crippen molar-refractivity contribution in [1.82, 2.24) is 0 Å². The average Bonchev–Trinajstić information content (AvgIpc) is 2.60. The van der Waals surface area contributed by atoms with E-state index in [-0.39, 0.29) is 11.9 Å². The number of amides is 1. The van der Waals surface area contributed by atoms with Crippen molar-refractivity contribution in [1.29, 1.82) is 0 Å². The molecule has 0 radical (unpaired) electrons. The van der Waals surface area contributed by atoms with E-state index in [4.69, 9.17) is 5.73 Å². The van der Waals surface area contributed by atoms with Gasteiger partial charge in [0, 0.05) is 31.0 Å². The maximum absolute atomic E-state index is 11.6. The molecule has 0 saturated heterocycles. The molecule has 1 atom stereocenters. The van der Waals surface area contributed by atoms with Crippen LogP contribution in [0.15, 0.2) is 18.2 Å². The van der Waals surface area contributed by atoms with Crippen LogP contribution < -0.4 is 16.0 Å². The molecule has 1 aromatic rings. The minimum atomic E-state index is 0.166. The van der Waals surface area contributed by atoms with E-state index in [1.807, 2.05) is 26.1 Å². The Hall–Kier alpha value is -1.55. The Morgan fingerprint density at radius 1 is 1.50 bits per heavy atom. The molecule has 0 saturated carbocycles. The molecule has 18 heavy (non-hydrogen) atoms. The minimum Gasteiger partial charge on any atom is -0.385 e. The van der Waals surface area contributed by atoms with E-state index >= 15 is 0 Å². The molecule has 0 bridgehead atoms. The molecule has 0 aliphatic carbocycles. The number of likely N-dealkylation sites (N-methyl/N-ethyl adjacent to an activating group) is 1. The lowest BCUT2D eigenvalue weighted by Crippen LogP contribution is -2.20. The normalized spacial score (nSPS) is 15.7. The number of nitrogens with one attached hydrogen (secondary N) is 1. The number of fused-ring (bicyclic) bond motifs is 1. The monoisotopic (exact) mass is 247 g/mol. The van der Waals surface area contributed by atoms with E-state index < -0.39 is 0 Å². The van der Waals surface area contributed by atoms with Crippen molar-refractivity contribution in [3.63, 3.8) is 0 Å². The van der Waals surface area contributed by atoms with Crippen molar-refractivity contribution in [3.8, 4) is 0 Å². The van der Waals surface area contributed by atoms with Gasteiger partial charge in [0.15, 0.2) is 0 Å². The van der Waals surface area contributed by atoms with E-state index in [2.05, 4.69) is 11.4 Å². The van der Waals surface area contributed by atoms with Crippen molar-refractivity contribution in [2.45, 2.75) is 32.2 Å². The van der Waals surface area contributed by atoms with E-state index in [9.17, 15) is 4.79 Å². The van der Waals surface area contributed by atoms with E-state index in [1.165, 1.54) is 0 Å². The van der Waals surface area contributed by atoms with Crippen LogP contribution in [0.4, 0.5) is 11.4 Å². The maximum atomic E-state index is 11.6. The first-order chi connectivity index (χ1) is 8.58. The highest BCUT2D eigenvalue weighted by Crippen LogP contribution is 2.29. The number of rotatable bonds is 5. The van der Waals surface area contributed by atoms with Gasteiger partial charge in [-0.25, -0.2) is 0 Å². The number of benzene rings is 1. The summed E-state index contributed by atoms with van der Waals surface area (Å²) >= 11 is 0. The zero-order valence-corrected chi connectivity index (χ0v) is 11.1. The van der Waals surface area contributed by atoms with Crippen LogP contribution >= 0.6 is 0 Å². The van der Waals surface area contributed by atoms with Gasteiger partial charge < -0.3 is 16.0 Å². The van der Waals surface area contributed by atoms with Crippen LogP contribution in [0.3, 0.4) is 0 Å². The molecule has 4 heteroatoms. The van der Waals surface area contributed by atoms with Crippen LogP contribution in [0.25, 0.3) is 0 Å². The van der Waals surface area contributed by atoms with Crippen LogP contribution in [0.5, 0.6) is 0 Å². The predicted molar refractivity (Wildman–Crippen MR) is 74.9 cm³/mol. The second-order valence-electron chi connectivity index (χ2n) is 5.02. The summed E-state index contributed by atoms with van der Waals surface area (Å²) in [6.45, 7) is 2.95. The molecule has 1 aromatic carbocycles. The Kier molecular flexibility index (Phi) is 3.87. The molecule has 2 rings (SSSR count). The molecule has 1 unspecified atom stereocenters. The molecule has 1 amide bonds. The van der Waals surface area contributed by atoms with Crippen molar-refractivity contribution in [3.05, 3.63) is 23.8 Å². The number of hydrogen-bond acceptors (Lipinski definition) is 3. The van der Waals surface area contributed by atoms with Crippen LogP contribution in [-0.4, -0.2) is 25.5 Å². The molecule has 0 spiro atoms. The van der Waals surface area contributed by atoms with Crippen molar-refractivity contribution < 1.29 is 4.79 Å². The number of nitrogens with two attached hydrogens (primary N) is 1.